The molecule has 148 valence electrons. The van der Waals surface area contributed by atoms with Crippen LogP contribution in [0.3, 0.4) is 0 Å². The predicted molar refractivity (Wildman–Crippen MR) is 117 cm³/mol. The molecule has 29 heavy (non-hydrogen) atoms. The largest absolute Gasteiger partial charge is 0.448 e. The van der Waals surface area contributed by atoms with E-state index in [1.54, 1.807) is 7.05 Å². The Morgan fingerprint density at radius 2 is 1.55 bits per heavy atom. The number of hydrogen-bond acceptors (Lipinski definition) is 3. The summed E-state index contributed by atoms with van der Waals surface area (Å²) >= 11 is 3.38. The quantitative estimate of drug-likeness (QED) is 0.567. The van der Waals surface area contributed by atoms with E-state index < -0.39 is 12.2 Å². The molecule has 1 atom stereocenters. The predicted octanol–water partition coefficient (Wildman–Crippen LogP) is 5.36. The number of amides is 1. The van der Waals surface area contributed by atoms with Crippen molar-refractivity contribution in [3.63, 3.8) is 0 Å². The molecule has 1 amide bonds. The van der Waals surface area contributed by atoms with E-state index >= 15 is 0 Å². The van der Waals surface area contributed by atoms with Crippen molar-refractivity contribution in [2.75, 3.05) is 20.2 Å². The lowest BCUT2D eigenvalue weighted by atomic mass is 9.98. The van der Waals surface area contributed by atoms with Crippen LogP contribution in [-0.4, -0.2) is 36.3 Å². The molecule has 0 radical (unpaired) electrons. The molecule has 1 unspecified atom stereocenters. The van der Waals surface area contributed by atoms with Crippen LogP contribution in [0.15, 0.2) is 77.3 Å². The van der Waals surface area contributed by atoms with Crippen LogP contribution >= 0.6 is 15.9 Å². The van der Waals surface area contributed by atoms with E-state index in [9.17, 15) is 9.90 Å². The monoisotopic (exact) mass is 451 g/mol. The minimum Gasteiger partial charge on any atom is -0.448 e. The smallest absolute Gasteiger partial charge is 0.409 e. The molecule has 4 nitrogen and oxygen atoms in total. The summed E-state index contributed by atoms with van der Waals surface area (Å²) in [5.41, 5.74) is 5.51. The lowest BCUT2D eigenvalue weighted by molar-refractivity contribution is 0.0814. The number of ether oxygens (including phenoxy) is 1. The molecule has 0 saturated heterocycles. The Hall–Kier alpha value is -2.63. The van der Waals surface area contributed by atoms with Crippen molar-refractivity contribution in [1.29, 1.82) is 0 Å². The number of aliphatic hydroxyl groups is 1. The van der Waals surface area contributed by atoms with E-state index in [2.05, 4.69) is 40.2 Å². The van der Waals surface area contributed by atoms with Crippen LogP contribution < -0.4 is 0 Å². The van der Waals surface area contributed by atoms with Gasteiger partial charge in [0.1, 0.15) is 6.61 Å². The molecule has 3 aromatic carbocycles. The molecule has 4 rings (SSSR count). The number of aliphatic hydroxyl groups excluding tert-OH is 1. The summed E-state index contributed by atoms with van der Waals surface area (Å²) in [6.07, 6.45) is -1.21. The summed E-state index contributed by atoms with van der Waals surface area (Å²) in [4.78, 5) is 13.9. The fourth-order valence-electron chi connectivity index (χ4n) is 3.83. The first-order valence-electron chi connectivity index (χ1n) is 9.54. The number of halogens is 1. The highest BCUT2D eigenvalue weighted by Gasteiger charge is 2.29. The Morgan fingerprint density at radius 1 is 1.00 bits per heavy atom. The van der Waals surface area contributed by atoms with Crippen LogP contribution in [-0.2, 0) is 4.74 Å². The van der Waals surface area contributed by atoms with E-state index in [1.807, 2.05) is 48.5 Å². The lowest BCUT2D eigenvalue weighted by Crippen LogP contribution is -2.32. The van der Waals surface area contributed by atoms with E-state index in [1.165, 1.54) is 27.2 Å². The number of hydrogen-bond donors (Lipinski definition) is 1. The highest BCUT2D eigenvalue weighted by molar-refractivity contribution is 9.10. The molecule has 0 spiro atoms. The Labute approximate surface area is 178 Å². The summed E-state index contributed by atoms with van der Waals surface area (Å²) in [7, 11) is 1.64. The van der Waals surface area contributed by atoms with E-state index in [4.69, 9.17) is 4.74 Å². The SMILES string of the molecule is CN(CC(O)c1ccc(Br)cc1)C(=O)OCC1c2ccccc2-c2ccccc21. The topological polar surface area (TPSA) is 49.8 Å². The van der Waals surface area contributed by atoms with Gasteiger partial charge in [0, 0.05) is 17.4 Å². The van der Waals surface area contributed by atoms with Gasteiger partial charge in [-0.2, -0.15) is 0 Å². The maximum atomic E-state index is 12.5. The molecule has 0 aliphatic heterocycles. The van der Waals surface area contributed by atoms with Gasteiger partial charge in [0.15, 0.2) is 0 Å². The van der Waals surface area contributed by atoms with Crippen molar-refractivity contribution in [3.05, 3.63) is 94.0 Å². The second-order valence-corrected chi connectivity index (χ2v) is 8.17. The summed E-state index contributed by atoms with van der Waals surface area (Å²) in [5.74, 6) is 0.0242. The van der Waals surface area contributed by atoms with Crippen molar-refractivity contribution in [2.45, 2.75) is 12.0 Å². The van der Waals surface area contributed by atoms with Gasteiger partial charge in [-0.05, 0) is 39.9 Å². The minimum absolute atomic E-state index is 0.0242. The van der Waals surface area contributed by atoms with Gasteiger partial charge in [-0.15, -0.1) is 0 Å². The van der Waals surface area contributed by atoms with Gasteiger partial charge >= 0.3 is 6.09 Å². The summed E-state index contributed by atoms with van der Waals surface area (Å²) < 4.78 is 6.57. The van der Waals surface area contributed by atoms with Crippen LogP contribution in [0.2, 0.25) is 0 Å². The van der Waals surface area contributed by atoms with Gasteiger partial charge in [-0.1, -0.05) is 76.6 Å². The molecule has 0 bridgehead atoms. The third-order valence-corrected chi connectivity index (χ3v) is 5.88. The Kier molecular flexibility index (Phi) is 5.69. The molecule has 0 aromatic heterocycles. The molecule has 0 fully saturated rings. The molecular weight excluding hydrogens is 430 g/mol. The molecule has 1 aliphatic carbocycles. The number of carbonyl (C=O) groups is 1. The molecule has 3 aromatic rings. The summed E-state index contributed by atoms with van der Waals surface area (Å²) in [6.45, 7) is 0.434. The zero-order valence-electron chi connectivity index (χ0n) is 16.1. The number of likely N-dealkylation sites (N-methyl/N-ethyl adjacent to an activating group) is 1. The number of fused-ring (bicyclic) bond motifs is 3. The van der Waals surface area contributed by atoms with Crippen molar-refractivity contribution in [3.8, 4) is 11.1 Å². The third kappa shape index (κ3) is 4.07. The molecule has 1 aliphatic rings. The zero-order valence-corrected chi connectivity index (χ0v) is 17.7. The first-order valence-corrected chi connectivity index (χ1v) is 10.3. The maximum Gasteiger partial charge on any atom is 0.409 e. The van der Waals surface area contributed by atoms with Crippen LogP contribution in [0.5, 0.6) is 0 Å². The highest BCUT2D eigenvalue weighted by atomic mass is 79.9. The van der Waals surface area contributed by atoms with Gasteiger partial charge < -0.3 is 14.7 Å². The van der Waals surface area contributed by atoms with Crippen LogP contribution in [0.25, 0.3) is 11.1 Å². The fourth-order valence-corrected chi connectivity index (χ4v) is 4.09. The second-order valence-electron chi connectivity index (χ2n) is 7.25. The minimum atomic E-state index is -0.770. The molecule has 5 heteroatoms. The van der Waals surface area contributed by atoms with Crippen LogP contribution in [0.4, 0.5) is 4.79 Å². The number of nitrogens with zero attached hydrogens (tertiary/aromatic N) is 1. The number of benzene rings is 3. The summed E-state index contributed by atoms with van der Waals surface area (Å²) in [6, 6.07) is 23.9. The molecule has 0 heterocycles. The highest BCUT2D eigenvalue weighted by Crippen LogP contribution is 2.44. The van der Waals surface area contributed by atoms with E-state index in [-0.39, 0.29) is 19.1 Å². The second kappa shape index (κ2) is 8.39. The Balaban J connectivity index is 1.41. The first-order chi connectivity index (χ1) is 14.0. The number of carbonyl (C=O) groups excluding carboxylic acids is 1. The molecular formula is C24H22BrNO3. The van der Waals surface area contributed by atoms with Gasteiger partial charge in [0.2, 0.25) is 0 Å². The van der Waals surface area contributed by atoms with E-state index in [0.717, 1.165) is 10.0 Å². The van der Waals surface area contributed by atoms with Crippen molar-refractivity contribution < 1.29 is 14.6 Å². The Morgan fingerprint density at radius 3 is 2.14 bits per heavy atom. The van der Waals surface area contributed by atoms with Gasteiger partial charge in [0.25, 0.3) is 0 Å². The van der Waals surface area contributed by atoms with Crippen molar-refractivity contribution in [1.82, 2.24) is 4.90 Å². The fraction of sp³-hybridized carbons (Fsp3) is 0.208. The van der Waals surface area contributed by atoms with Crippen LogP contribution in [0.1, 0.15) is 28.7 Å². The van der Waals surface area contributed by atoms with Crippen LogP contribution in [0, 0.1) is 0 Å². The standard InChI is InChI=1S/C24H22BrNO3/c1-26(14-23(27)16-10-12-17(25)13-11-16)24(28)29-15-22-20-8-4-2-6-18(20)19-7-3-5-9-21(19)22/h2-13,22-23,27H,14-15H2,1H3. The van der Waals surface area contributed by atoms with E-state index in [0.29, 0.717) is 0 Å². The van der Waals surface area contributed by atoms with Gasteiger partial charge in [-0.3, -0.25) is 0 Å². The Bertz CT molecular complexity index is 973. The molecule has 1 N–H and O–H groups in total. The lowest BCUT2D eigenvalue weighted by Gasteiger charge is -2.22. The normalized spacial score (nSPS) is 13.5. The first kappa shape index (κ1) is 19.7. The third-order valence-electron chi connectivity index (χ3n) is 5.35. The maximum absolute atomic E-state index is 12.5. The van der Waals surface area contributed by atoms with Gasteiger partial charge in [-0.25, -0.2) is 4.79 Å². The van der Waals surface area contributed by atoms with Gasteiger partial charge in [0.05, 0.1) is 12.6 Å². The van der Waals surface area contributed by atoms with Crippen molar-refractivity contribution in [2.24, 2.45) is 0 Å². The van der Waals surface area contributed by atoms with Crippen molar-refractivity contribution >= 4 is 22.0 Å². The zero-order chi connectivity index (χ0) is 20.4. The average Bonchev–Trinajstić information content (AvgIpc) is 3.06. The summed E-state index contributed by atoms with van der Waals surface area (Å²) in [5, 5.41) is 10.4. The average molecular weight is 452 g/mol. The number of rotatable bonds is 5. The molecule has 0 saturated carbocycles.